The predicted octanol–water partition coefficient (Wildman–Crippen LogP) is 2.78. The number of nitrogens with one attached hydrogen (secondary N) is 1. The minimum atomic E-state index is -0.212. The summed E-state index contributed by atoms with van der Waals surface area (Å²) >= 11 is 1.65. The van der Waals surface area contributed by atoms with Crippen molar-refractivity contribution in [2.45, 2.75) is 0 Å². The summed E-state index contributed by atoms with van der Waals surface area (Å²) in [7, 11) is 0. The molecule has 1 aromatic carbocycles. The number of rotatable bonds is 2. The molecule has 1 saturated heterocycles. The van der Waals surface area contributed by atoms with Crippen LogP contribution >= 0.6 is 23.7 Å². The second kappa shape index (κ2) is 6.32. The molecule has 0 radical (unpaired) electrons. The van der Waals surface area contributed by atoms with Crippen molar-refractivity contribution in [1.82, 2.24) is 10.3 Å². The molecule has 0 saturated carbocycles. The average Bonchev–Trinajstić information content (AvgIpc) is 2.90. The van der Waals surface area contributed by atoms with E-state index in [2.05, 4.69) is 15.2 Å². The van der Waals surface area contributed by atoms with Gasteiger partial charge in [-0.3, -0.25) is 0 Å². The summed E-state index contributed by atoms with van der Waals surface area (Å²) in [5.74, 6) is -0.212. The van der Waals surface area contributed by atoms with Crippen LogP contribution in [0.1, 0.15) is 0 Å². The van der Waals surface area contributed by atoms with Gasteiger partial charge in [0.05, 0.1) is 5.69 Å². The van der Waals surface area contributed by atoms with E-state index < -0.39 is 0 Å². The fourth-order valence-electron chi connectivity index (χ4n) is 2.02. The summed E-state index contributed by atoms with van der Waals surface area (Å²) in [6, 6.07) is 6.48. The summed E-state index contributed by atoms with van der Waals surface area (Å²) in [5.41, 5.74) is 1.89. The fraction of sp³-hybridized carbons (Fsp3) is 0.308. The Balaban J connectivity index is 0.00000133. The zero-order chi connectivity index (χ0) is 12.4. The van der Waals surface area contributed by atoms with E-state index in [4.69, 9.17) is 0 Å². The predicted molar refractivity (Wildman–Crippen MR) is 79.8 cm³/mol. The van der Waals surface area contributed by atoms with Gasteiger partial charge in [-0.15, -0.1) is 23.7 Å². The summed E-state index contributed by atoms with van der Waals surface area (Å²) in [6.45, 7) is 4.00. The van der Waals surface area contributed by atoms with Crippen LogP contribution in [0.25, 0.3) is 11.3 Å². The van der Waals surface area contributed by atoms with Crippen LogP contribution in [-0.2, 0) is 0 Å². The maximum Gasteiger partial charge on any atom is 0.185 e. The van der Waals surface area contributed by atoms with Crippen molar-refractivity contribution in [3.8, 4) is 11.3 Å². The van der Waals surface area contributed by atoms with Gasteiger partial charge in [0.2, 0.25) is 0 Å². The SMILES string of the molecule is Cl.Fc1ccc(-c2csc(N3CCNCC3)n2)cc1. The molecule has 0 amide bonds. The number of hydrogen-bond donors (Lipinski definition) is 1. The zero-order valence-corrected chi connectivity index (χ0v) is 11.9. The summed E-state index contributed by atoms with van der Waals surface area (Å²) in [6.07, 6.45) is 0. The molecular formula is C13H15ClFN3S. The van der Waals surface area contributed by atoms with Crippen LogP contribution in [0.3, 0.4) is 0 Å². The first kappa shape index (κ1) is 14.2. The van der Waals surface area contributed by atoms with Crippen molar-refractivity contribution >= 4 is 28.9 Å². The van der Waals surface area contributed by atoms with Crippen LogP contribution in [-0.4, -0.2) is 31.2 Å². The topological polar surface area (TPSA) is 28.2 Å². The Morgan fingerprint density at radius 2 is 1.84 bits per heavy atom. The Morgan fingerprint density at radius 1 is 1.16 bits per heavy atom. The molecule has 0 aliphatic carbocycles. The molecule has 3 nitrogen and oxygen atoms in total. The molecule has 2 heterocycles. The van der Waals surface area contributed by atoms with Crippen LogP contribution in [0, 0.1) is 5.82 Å². The molecule has 1 N–H and O–H groups in total. The Labute approximate surface area is 121 Å². The lowest BCUT2D eigenvalue weighted by molar-refractivity contribution is 0.588. The van der Waals surface area contributed by atoms with Crippen molar-refractivity contribution in [3.05, 3.63) is 35.5 Å². The van der Waals surface area contributed by atoms with Gasteiger partial charge < -0.3 is 10.2 Å². The Hall–Kier alpha value is -1.17. The van der Waals surface area contributed by atoms with Gasteiger partial charge >= 0.3 is 0 Å². The smallest absolute Gasteiger partial charge is 0.185 e. The lowest BCUT2D eigenvalue weighted by Crippen LogP contribution is -2.43. The van der Waals surface area contributed by atoms with Gasteiger partial charge in [0.25, 0.3) is 0 Å². The van der Waals surface area contributed by atoms with E-state index in [0.29, 0.717) is 0 Å². The van der Waals surface area contributed by atoms with Crippen LogP contribution in [0.4, 0.5) is 9.52 Å². The molecule has 6 heteroatoms. The number of halogens is 2. The molecule has 0 bridgehead atoms. The molecule has 0 spiro atoms. The number of piperazine rings is 1. The van der Waals surface area contributed by atoms with E-state index >= 15 is 0 Å². The van der Waals surface area contributed by atoms with Crippen molar-refractivity contribution in [2.24, 2.45) is 0 Å². The second-order valence-corrected chi connectivity index (χ2v) is 5.10. The first-order valence-electron chi connectivity index (χ1n) is 6.00. The molecule has 0 atom stereocenters. The third-order valence-corrected chi connectivity index (χ3v) is 3.92. The van der Waals surface area contributed by atoms with E-state index in [1.165, 1.54) is 12.1 Å². The van der Waals surface area contributed by atoms with Gasteiger partial charge in [-0.25, -0.2) is 9.37 Å². The summed E-state index contributed by atoms with van der Waals surface area (Å²) in [4.78, 5) is 6.91. The molecule has 19 heavy (non-hydrogen) atoms. The monoisotopic (exact) mass is 299 g/mol. The molecule has 102 valence electrons. The molecule has 1 aliphatic rings. The number of aromatic nitrogens is 1. The lowest BCUT2D eigenvalue weighted by Gasteiger charge is -2.26. The number of thiazole rings is 1. The quantitative estimate of drug-likeness (QED) is 0.924. The third-order valence-electron chi connectivity index (χ3n) is 3.02. The van der Waals surface area contributed by atoms with E-state index in [9.17, 15) is 4.39 Å². The van der Waals surface area contributed by atoms with Gasteiger partial charge in [0.15, 0.2) is 5.13 Å². The molecule has 1 fully saturated rings. The lowest BCUT2D eigenvalue weighted by atomic mass is 10.2. The third kappa shape index (κ3) is 3.23. The highest BCUT2D eigenvalue weighted by atomic mass is 35.5. The van der Waals surface area contributed by atoms with Gasteiger partial charge in [-0.1, -0.05) is 0 Å². The molecule has 3 rings (SSSR count). The Morgan fingerprint density at radius 3 is 2.53 bits per heavy atom. The minimum absolute atomic E-state index is 0. The average molecular weight is 300 g/mol. The summed E-state index contributed by atoms with van der Waals surface area (Å²) in [5, 5.41) is 6.41. The molecule has 1 aliphatic heterocycles. The van der Waals surface area contributed by atoms with Gasteiger partial charge in [0, 0.05) is 37.1 Å². The van der Waals surface area contributed by atoms with E-state index in [1.807, 2.05) is 5.38 Å². The summed E-state index contributed by atoms with van der Waals surface area (Å²) < 4.78 is 12.9. The van der Waals surface area contributed by atoms with Gasteiger partial charge in [-0.2, -0.15) is 0 Å². The zero-order valence-electron chi connectivity index (χ0n) is 10.3. The van der Waals surface area contributed by atoms with Crippen LogP contribution in [0.15, 0.2) is 29.6 Å². The molecular weight excluding hydrogens is 285 g/mol. The highest BCUT2D eigenvalue weighted by Gasteiger charge is 2.14. The Bertz CT molecular complexity index is 523. The van der Waals surface area contributed by atoms with Crippen LogP contribution < -0.4 is 10.2 Å². The molecule has 0 unspecified atom stereocenters. The van der Waals surface area contributed by atoms with Crippen molar-refractivity contribution in [3.63, 3.8) is 0 Å². The van der Waals surface area contributed by atoms with Crippen LogP contribution in [0.2, 0.25) is 0 Å². The normalized spacial score (nSPS) is 15.1. The van der Waals surface area contributed by atoms with Gasteiger partial charge in [0.1, 0.15) is 5.82 Å². The van der Waals surface area contributed by atoms with E-state index in [-0.39, 0.29) is 18.2 Å². The largest absolute Gasteiger partial charge is 0.346 e. The highest BCUT2D eigenvalue weighted by Crippen LogP contribution is 2.27. The minimum Gasteiger partial charge on any atom is -0.346 e. The fourth-order valence-corrected chi connectivity index (χ4v) is 2.91. The maximum absolute atomic E-state index is 12.9. The Kier molecular flexibility index (Phi) is 4.74. The number of hydrogen-bond acceptors (Lipinski definition) is 4. The van der Waals surface area contributed by atoms with Crippen molar-refractivity contribution in [2.75, 3.05) is 31.1 Å². The van der Waals surface area contributed by atoms with Crippen molar-refractivity contribution in [1.29, 1.82) is 0 Å². The van der Waals surface area contributed by atoms with E-state index in [1.54, 1.807) is 23.5 Å². The van der Waals surface area contributed by atoms with E-state index in [0.717, 1.165) is 42.6 Å². The standard InChI is InChI=1S/C13H14FN3S.ClH/c14-11-3-1-10(2-4-11)12-9-18-13(16-12)17-7-5-15-6-8-17;/h1-4,9,15H,5-8H2;1H. The second-order valence-electron chi connectivity index (χ2n) is 4.26. The van der Waals surface area contributed by atoms with Crippen LogP contribution in [0.5, 0.6) is 0 Å². The maximum atomic E-state index is 12.9. The molecule has 2 aromatic rings. The first-order valence-corrected chi connectivity index (χ1v) is 6.88. The number of nitrogens with zero attached hydrogens (tertiary/aromatic N) is 2. The van der Waals surface area contributed by atoms with Crippen molar-refractivity contribution < 1.29 is 4.39 Å². The highest BCUT2D eigenvalue weighted by molar-refractivity contribution is 7.14. The first-order chi connectivity index (χ1) is 8.83. The molecule has 1 aromatic heterocycles. The van der Waals surface area contributed by atoms with Gasteiger partial charge in [-0.05, 0) is 24.3 Å². The number of anilines is 1. The number of benzene rings is 1.